The van der Waals surface area contributed by atoms with Crippen molar-refractivity contribution in [3.05, 3.63) is 46.4 Å². The second-order valence-corrected chi connectivity index (χ2v) is 8.24. The maximum atomic E-state index is 13.4. The molecule has 1 aliphatic heterocycles. The van der Waals surface area contributed by atoms with Gasteiger partial charge in [0.15, 0.2) is 11.5 Å². The molecule has 4 rings (SSSR count). The van der Waals surface area contributed by atoms with Crippen LogP contribution in [-0.2, 0) is 13.0 Å². The van der Waals surface area contributed by atoms with E-state index in [0.29, 0.717) is 30.2 Å². The molecule has 1 fully saturated rings. The van der Waals surface area contributed by atoms with E-state index in [4.69, 9.17) is 11.6 Å². The van der Waals surface area contributed by atoms with E-state index in [1.54, 1.807) is 6.07 Å². The lowest BCUT2D eigenvalue weighted by Gasteiger charge is -2.24. The molecule has 0 bridgehead atoms. The number of pyridine rings is 1. The van der Waals surface area contributed by atoms with Gasteiger partial charge < -0.3 is 14.6 Å². The number of likely N-dealkylation sites (tertiary alicyclic amines) is 1. The van der Waals surface area contributed by atoms with Crippen LogP contribution in [0.2, 0.25) is 5.02 Å². The van der Waals surface area contributed by atoms with Crippen LogP contribution < -0.4 is 5.32 Å². The highest BCUT2D eigenvalue weighted by atomic mass is 35.5. The fourth-order valence-corrected chi connectivity index (χ4v) is 4.08. The van der Waals surface area contributed by atoms with Crippen molar-refractivity contribution in [3.8, 4) is 0 Å². The van der Waals surface area contributed by atoms with E-state index < -0.39 is 0 Å². The second-order valence-electron chi connectivity index (χ2n) is 7.81. The molecule has 3 aromatic rings. The standard InChI is InChI=1S/C21H28ClN7O/c1-15-24-18(27-26-15)9-10-23-13-17-20(25-19-8-7-16(22)14-29(17)19)21(30)28-11-5-3-2-4-6-12-28/h7-8,14,23H,2-6,9-13H2,1H3,(H,24,26,27). The number of carbonyl (C=O) groups excluding carboxylic acids is 1. The zero-order chi connectivity index (χ0) is 20.9. The maximum absolute atomic E-state index is 13.4. The van der Waals surface area contributed by atoms with Crippen LogP contribution in [0.4, 0.5) is 0 Å². The third-order valence-corrected chi connectivity index (χ3v) is 5.71. The van der Waals surface area contributed by atoms with Gasteiger partial charge in [-0.25, -0.2) is 9.97 Å². The molecule has 8 nitrogen and oxygen atoms in total. The summed E-state index contributed by atoms with van der Waals surface area (Å²) >= 11 is 6.23. The molecule has 0 aliphatic carbocycles. The number of hydrogen-bond acceptors (Lipinski definition) is 5. The number of rotatable bonds is 6. The van der Waals surface area contributed by atoms with Gasteiger partial charge in [0.2, 0.25) is 0 Å². The Morgan fingerprint density at radius 1 is 1.17 bits per heavy atom. The molecule has 160 valence electrons. The fraction of sp³-hybridized carbons (Fsp3) is 0.524. The summed E-state index contributed by atoms with van der Waals surface area (Å²) in [5.74, 6) is 1.60. The van der Waals surface area contributed by atoms with Crippen LogP contribution in [0.1, 0.15) is 59.9 Å². The fourth-order valence-electron chi connectivity index (χ4n) is 3.92. The quantitative estimate of drug-likeness (QED) is 0.587. The van der Waals surface area contributed by atoms with Gasteiger partial charge in [-0.15, -0.1) is 0 Å². The average molecular weight is 430 g/mol. The molecule has 9 heteroatoms. The Morgan fingerprint density at radius 3 is 2.67 bits per heavy atom. The van der Waals surface area contributed by atoms with Gasteiger partial charge >= 0.3 is 0 Å². The zero-order valence-electron chi connectivity index (χ0n) is 17.3. The lowest BCUT2D eigenvalue weighted by atomic mass is 10.1. The van der Waals surface area contributed by atoms with Gasteiger partial charge in [-0.05, 0) is 31.9 Å². The van der Waals surface area contributed by atoms with Crippen LogP contribution in [0.5, 0.6) is 0 Å². The third-order valence-electron chi connectivity index (χ3n) is 5.49. The van der Waals surface area contributed by atoms with E-state index in [0.717, 1.165) is 48.9 Å². The molecule has 0 atom stereocenters. The smallest absolute Gasteiger partial charge is 0.274 e. The number of amides is 1. The van der Waals surface area contributed by atoms with Crippen molar-refractivity contribution in [2.45, 2.75) is 52.0 Å². The minimum Gasteiger partial charge on any atom is -0.337 e. The van der Waals surface area contributed by atoms with Crippen molar-refractivity contribution in [3.63, 3.8) is 0 Å². The highest BCUT2D eigenvalue weighted by Gasteiger charge is 2.24. The van der Waals surface area contributed by atoms with E-state index in [2.05, 4.69) is 25.5 Å². The Bertz CT molecular complexity index is 1000. The van der Waals surface area contributed by atoms with E-state index in [1.807, 2.05) is 28.5 Å². The molecule has 0 aromatic carbocycles. The van der Waals surface area contributed by atoms with Gasteiger partial charge in [0, 0.05) is 38.8 Å². The summed E-state index contributed by atoms with van der Waals surface area (Å²) < 4.78 is 1.92. The third kappa shape index (κ3) is 4.82. The van der Waals surface area contributed by atoms with Crippen LogP contribution in [0.15, 0.2) is 18.3 Å². The molecule has 0 saturated carbocycles. The van der Waals surface area contributed by atoms with E-state index in [-0.39, 0.29) is 5.91 Å². The van der Waals surface area contributed by atoms with Crippen molar-refractivity contribution >= 4 is 23.2 Å². The monoisotopic (exact) mass is 429 g/mol. The first kappa shape index (κ1) is 20.8. The number of carbonyl (C=O) groups is 1. The van der Waals surface area contributed by atoms with Crippen molar-refractivity contribution in [2.24, 2.45) is 0 Å². The minimum absolute atomic E-state index is 0.0121. The molecule has 1 saturated heterocycles. The Kier molecular flexibility index (Phi) is 6.64. The molecule has 1 amide bonds. The van der Waals surface area contributed by atoms with Crippen molar-refractivity contribution in [1.29, 1.82) is 0 Å². The molecule has 4 heterocycles. The van der Waals surface area contributed by atoms with E-state index in [9.17, 15) is 4.79 Å². The van der Waals surface area contributed by atoms with Gasteiger partial charge in [-0.2, -0.15) is 5.10 Å². The van der Waals surface area contributed by atoms with Gasteiger partial charge in [-0.1, -0.05) is 30.9 Å². The number of aryl methyl sites for hydroxylation is 1. The minimum atomic E-state index is 0.0121. The number of aromatic nitrogens is 5. The number of aromatic amines is 1. The second kappa shape index (κ2) is 9.57. The lowest BCUT2D eigenvalue weighted by Crippen LogP contribution is -2.35. The molecule has 3 aromatic heterocycles. The number of nitrogens with one attached hydrogen (secondary N) is 2. The average Bonchev–Trinajstić information content (AvgIpc) is 3.27. The Morgan fingerprint density at radius 2 is 1.93 bits per heavy atom. The highest BCUT2D eigenvalue weighted by molar-refractivity contribution is 6.30. The summed E-state index contributed by atoms with van der Waals surface area (Å²) in [6.07, 6.45) is 8.25. The summed E-state index contributed by atoms with van der Waals surface area (Å²) in [6, 6.07) is 3.66. The number of fused-ring (bicyclic) bond motifs is 1. The predicted molar refractivity (Wildman–Crippen MR) is 116 cm³/mol. The number of hydrogen-bond donors (Lipinski definition) is 2. The number of H-pyrrole nitrogens is 1. The maximum Gasteiger partial charge on any atom is 0.274 e. The number of imidazole rings is 1. The van der Waals surface area contributed by atoms with Crippen LogP contribution in [0, 0.1) is 6.92 Å². The van der Waals surface area contributed by atoms with Crippen molar-refractivity contribution in [1.82, 2.24) is 34.8 Å². The summed E-state index contributed by atoms with van der Waals surface area (Å²) in [7, 11) is 0. The molecule has 0 unspecified atom stereocenters. The predicted octanol–water partition coefficient (Wildman–Crippen LogP) is 3.15. The van der Waals surface area contributed by atoms with E-state index >= 15 is 0 Å². The van der Waals surface area contributed by atoms with Gasteiger partial charge in [0.25, 0.3) is 5.91 Å². The molecular formula is C21H28ClN7O. The summed E-state index contributed by atoms with van der Waals surface area (Å²) in [5, 5.41) is 11.0. The molecule has 1 aliphatic rings. The van der Waals surface area contributed by atoms with Crippen LogP contribution >= 0.6 is 11.6 Å². The van der Waals surface area contributed by atoms with Crippen molar-refractivity contribution in [2.75, 3.05) is 19.6 Å². The number of nitrogens with zero attached hydrogens (tertiary/aromatic N) is 5. The van der Waals surface area contributed by atoms with Crippen LogP contribution in [0.3, 0.4) is 0 Å². The van der Waals surface area contributed by atoms with Gasteiger partial charge in [-0.3, -0.25) is 9.89 Å². The topological polar surface area (TPSA) is 91.2 Å². The first-order valence-corrected chi connectivity index (χ1v) is 11.0. The zero-order valence-corrected chi connectivity index (χ0v) is 18.1. The first-order chi connectivity index (χ1) is 14.6. The number of halogens is 1. The summed E-state index contributed by atoms with van der Waals surface area (Å²) in [6.45, 7) is 4.69. The SMILES string of the molecule is Cc1nc(CCNCc2c(C(=O)N3CCCCCCC3)nc3ccc(Cl)cn23)n[nH]1. The largest absolute Gasteiger partial charge is 0.337 e. The molecular weight excluding hydrogens is 402 g/mol. The molecule has 2 N–H and O–H groups in total. The highest BCUT2D eigenvalue weighted by Crippen LogP contribution is 2.20. The Balaban J connectivity index is 1.53. The van der Waals surface area contributed by atoms with Crippen molar-refractivity contribution < 1.29 is 4.79 Å². The van der Waals surface area contributed by atoms with Crippen LogP contribution in [-0.4, -0.2) is 55.0 Å². The lowest BCUT2D eigenvalue weighted by molar-refractivity contribution is 0.0735. The molecule has 0 radical (unpaired) electrons. The Hall–Kier alpha value is -2.45. The Labute approximate surface area is 181 Å². The molecule has 0 spiro atoms. The first-order valence-electron chi connectivity index (χ1n) is 10.7. The van der Waals surface area contributed by atoms with Gasteiger partial charge in [0.1, 0.15) is 11.5 Å². The van der Waals surface area contributed by atoms with Crippen LogP contribution in [0.25, 0.3) is 5.65 Å². The summed E-state index contributed by atoms with van der Waals surface area (Å²) in [5.41, 5.74) is 2.08. The van der Waals surface area contributed by atoms with Gasteiger partial charge in [0.05, 0.1) is 10.7 Å². The normalized spacial score (nSPS) is 15.3. The molecule has 30 heavy (non-hydrogen) atoms. The van der Waals surface area contributed by atoms with E-state index in [1.165, 1.54) is 19.3 Å². The summed E-state index contributed by atoms with van der Waals surface area (Å²) in [4.78, 5) is 24.3.